The standard InChI is InChI=1S/C17H19N3O5/c1-10-9-14(20-25-10)19-16(22)15(13-7-5-4-6-8-13)24-17(23)11(2)18-12(3)21/h4-9,11,15H,1-3H3,(H,18,21)(H,19,20,22)/t11-,15+/m1/s1. The molecule has 0 aliphatic carbocycles. The van der Waals surface area contributed by atoms with Gasteiger partial charge >= 0.3 is 5.97 Å². The Morgan fingerprint density at radius 1 is 1.20 bits per heavy atom. The summed E-state index contributed by atoms with van der Waals surface area (Å²) < 4.78 is 10.2. The lowest BCUT2D eigenvalue weighted by molar-refractivity contribution is -0.157. The Balaban J connectivity index is 2.17. The number of aryl methyl sites for hydroxylation is 1. The average Bonchev–Trinajstić information content (AvgIpc) is 2.97. The molecule has 0 aliphatic rings. The van der Waals surface area contributed by atoms with Gasteiger partial charge in [-0.1, -0.05) is 35.5 Å². The van der Waals surface area contributed by atoms with E-state index in [0.717, 1.165) is 0 Å². The van der Waals surface area contributed by atoms with E-state index in [9.17, 15) is 14.4 Å². The number of nitrogens with one attached hydrogen (secondary N) is 2. The zero-order valence-corrected chi connectivity index (χ0v) is 14.1. The monoisotopic (exact) mass is 345 g/mol. The van der Waals surface area contributed by atoms with Gasteiger partial charge in [0.05, 0.1) is 0 Å². The van der Waals surface area contributed by atoms with E-state index in [-0.39, 0.29) is 11.7 Å². The minimum atomic E-state index is -1.19. The van der Waals surface area contributed by atoms with Crippen LogP contribution in [0, 0.1) is 6.92 Å². The van der Waals surface area contributed by atoms with Crippen LogP contribution in [-0.4, -0.2) is 29.0 Å². The molecule has 1 aromatic carbocycles. The number of hydrogen-bond acceptors (Lipinski definition) is 6. The zero-order valence-electron chi connectivity index (χ0n) is 14.1. The highest BCUT2D eigenvalue weighted by Crippen LogP contribution is 2.20. The van der Waals surface area contributed by atoms with Gasteiger partial charge in [-0.15, -0.1) is 0 Å². The van der Waals surface area contributed by atoms with Crippen molar-refractivity contribution in [1.29, 1.82) is 0 Å². The summed E-state index contributed by atoms with van der Waals surface area (Å²) in [6.07, 6.45) is -1.19. The first-order valence-corrected chi connectivity index (χ1v) is 7.63. The Bertz CT molecular complexity index is 757. The second kappa shape index (κ2) is 8.09. The van der Waals surface area contributed by atoms with Gasteiger partial charge in [-0.2, -0.15) is 0 Å². The smallest absolute Gasteiger partial charge is 0.329 e. The van der Waals surface area contributed by atoms with Crippen molar-refractivity contribution in [1.82, 2.24) is 10.5 Å². The number of hydrogen-bond donors (Lipinski definition) is 2. The Morgan fingerprint density at radius 3 is 2.44 bits per heavy atom. The van der Waals surface area contributed by atoms with Gasteiger partial charge in [-0.3, -0.25) is 9.59 Å². The topological polar surface area (TPSA) is 111 Å². The Kier molecular flexibility index (Phi) is 5.89. The molecule has 1 aromatic heterocycles. The maximum Gasteiger partial charge on any atom is 0.329 e. The molecular formula is C17H19N3O5. The third kappa shape index (κ3) is 5.17. The molecule has 0 spiro atoms. The number of amides is 2. The highest BCUT2D eigenvalue weighted by molar-refractivity contribution is 5.95. The van der Waals surface area contributed by atoms with Crippen molar-refractivity contribution in [2.24, 2.45) is 0 Å². The average molecular weight is 345 g/mol. The lowest BCUT2D eigenvalue weighted by Crippen LogP contribution is -2.40. The minimum Gasteiger partial charge on any atom is -0.446 e. The van der Waals surface area contributed by atoms with Gasteiger partial charge in [-0.05, 0) is 13.8 Å². The third-order valence-electron chi connectivity index (χ3n) is 3.23. The number of carbonyl (C=O) groups excluding carboxylic acids is 3. The van der Waals surface area contributed by atoms with Crippen molar-refractivity contribution in [3.8, 4) is 0 Å². The van der Waals surface area contributed by atoms with Crippen LogP contribution in [0.4, 0.5) is 5.82 Å². The summed E-state index contributed by atoms with van der Waals surface area (Å²) in [5, 5.41) is 8.64. The predicted octanol–water partition coefficient (Wildman–Crippen LogP) is 1.73. The first-order valence-electron chi connectivity index (χ1n) is 7.63. The van der Waals surface area contributed by atoms with Gasteiger partial charge in [0.1, 0.15) is 11.8 Å². The molecule has 0 fully saturated rings. The van der Waals surface area contributed by atoms with E-state index in [1.807, 2.05) is 0 Å². The number of esters is 1. The second-order valence-electron chi connectivity index (χ2n) is 5.46. The molecule has 0 bridgehead atoms. The molecular weight excluding hydrogens is 326 g/mol. The lowest BCUT2D eigenvalue weighted by atomic mass is 10.1. The van der Waals surface area contributed by atoms with E-state index < -0.39 is 24.0 Å². The molecule has 2 rings (SSSR count). The van der Waals surface area contributed by atoms with E-state index in [4.69, 9.17) is 9.26 Å². The van der Waals surface area contributed by atoms with Crippen LogP contribution in [0.25, 0.3) is 0 Å². The minimum absolute atomic E-state index is 0.217. The van der Waals surface area contributed by atoms with E-state index in [0.29, 0.717) is 11.3 Å². The van der Waals surface area contributed by atoms with Crippen molar-refractivity contribution in [2.45, 2.75) is 32.9 Å². The lowest BCUT2D eigenvalue weighted by Gasteiger charge is -2.20. The predicted molar refractivity (Wildman–Crippen MR) is 88.4 cm³/mol. The fourth-order valence-electron chi connectivity index (χ4n) is 2.10. The SMILES string of the molecule is CC(=O)N[C@H](C)C(=O)O[C@H](C(=O)Nc1cc(C)on1)c1ccccc1. The maximum atomic E-state index is 12.5. The van der Waals surface area contributed by atoms with Crippen LogP contribution in [0.15, 0.2) is 40.9 Å². The molecule has 132 valence electrons. The molecule has 25 heavy (non-hydrogen) atoms. The maximum absolute atomic E-state index is 12.5. The summed E-state index contributed by atoms with van der Waals surface area (Å²) >= 11 is 0. The quantitative estimate of drug-likeness (QED) is 0.772. The molecule has 0 unspecified atom stereocenters. The number of rotatable bonds is 6. The van der Waals surface area contributed by atoms with E-state index in [1.54, 1.807) is 43.3 Å². The molecule has 0 aliphatic heterocycles. The van der Waals surface area contributed by atoms with Crippen LogP contribution in [-0.2, 0) is 19.1 Å². The molecule has 2 N–H and O–H groups in total. The van der Waals surface area contributed by atoms with Gasteiger partial charge in [0, 0.05) is 18.6 Å². The van der Waals surface area contributed by atoms with Crippen molar-refractivity contribution in [3.63, 3.8) is 0 Å². The van der Waals surface area contributed by atoms with Gasteiger partial charge in [-0.25, -0.2) is 4.79 Å². The number of benzene rings is 1. The molecule has 0 saturated heterocycles. The molecule has 0 radical (unpaired) electrons. The summed E-state index contributed by atoms with van der Waals surface area (Å²) in [7, 11) is 0. The Labute approximate surface area is 144 Å². The van der Waals surface area contributed by atoms with Crippen molar-refractivity contribution < 1.29 is 23.6 Å². The first-order chi connectivity index (χ1) is 11.9. The van der Waals surface area contributed by atoms with E-state index in [2.05, 4.69) is 15.8 Å². The largest absolute Gasteiger partial charge is 0.446 e. The fraction of sp³-hybridized carbons (Fsp3) is 0.294. The second-order valence-corrected chi connectivity index (χ2v) is 5.46. The van der Waals surface area contributed by atoms with E-state index in [1.165, 1.54) is 13.8 Å². The number of nitrogens with zero attached hydrogens (tertiary/aromatic N) is 1. The van der Waals surface area contributed by atoms with Crippen molar-refractivity contribution >= 4 is 23.6 Å². The van der Waals surface area contributed by atoms with Gasteiger partial charge in [0.2, 0.25) is 12.0 Å². The van der Waals surface area contributed by atoms with Gasteiger partial charge in [0.15, 0.2) is 5.82 Å². The highest BCUT2D eigenvalue weighted by atomic mass is 16.5. The molecule has 0 saturated carbocycles. The van der Waals surface area contributed by atoms with Crippen LogP contribution in [0.3, 0.4) is 0 Å². The zero-order chi connectivity index (χ0) is 18.4. The Hall–Kier alpha value is -3.16. The van der Waals surface area contributed by atoms with Crippen LogP contribution in [0.5, 0.6) is 0 Å². The summed E-state index contributed by atoms with van der Waals surface area (Å²) in [6, 6.07) is 9.21. The summed E-state index contributed by atoms with van der Waals surface area (Å²) in [5.74, 6) is -0.932. The summed E-state index contributed by atoms with van der Waals surface area (Å²) in [4.78, 5) is 35.8. The van der Waals surface area contributed by atoms with E-state index >= 15 is 0 Å². The number of aromatic nitrogens is 1. The van der Waals surface area contributed by atoms with Crippen LogP contribution < -0.4 is 10.6 Å². The Morgan fingerprint density at radius 2 is 1.88 bits per heavy atom. The molecule has 2 aromatic rings. The highest BCUT2D eigenvalue weighted by Gasteiger charge is 2.28. The summed E-state index contributed by atoms with van der Waals surface area (Å²) in [6.45, 7) is 4.45. The van der Waals surface area contributed by atoms with Crippen LogP contribution in [0.1, 0.15) is 31.3 Å². The van der Waals surface area contributed by atoms with Gasteiger partial charge in [0.25, 0.3) is 5.91 Å². The normalized spacial score (nSPS) is 12.8. The molecule has 2 amide bonds. The number of carbonyl (C=O) groups is 3. The van der Waals surface area contributed by atoms with Crippen molar-refractivity contribution in [3.05, 3.63) is 47.7 Å². The van der Waals surface area contributed by atoms with Crippen molar-refractivity contribution in [2.75, 3.05) is 5.32 Å². The molecule has 2 atom stereocenters. The number of anilines is 1. The van der Waals surface area contributed by atoms with Gasteiger partial charge < -0.3 is 19.9 Å². The van der Waals surface area contributed by atoms with Crippen LogP contribution in [0.2, 0.25) is 0 Å². The third-order valence-corrected chi connectivity index (χ3v) is 3.23. The molecule has 8 nitrogen and oxygen atoms in total. The number of ether oxygens (including phenoxy) is 1. The fourth-order valence-corrected chi connectivity index (χ4v) is 2.10. The first kappa shape index (κ1) is 18.2. The molecule has 8 heteroatoms. The van der Waals surface area contributed by atoms with Crippen LogP contribution >= 0.6 is 0 Å². The molecule has 1 heterocycles. The summed E-state index contributed by atoms with van der Waals surface area (Å²) in [5.41, 5.74) is 0.489.